The van der Waals surface area contributed by atoms with Crippen molar-refractivity contribution in [1.29, 1.82) is 0 Å². The Morgan fingerprint density at radius 3 is 2.67 bits per heavy atom. The van der Waals surface area contributed by atoms with Crippen LogP contribution in [0.5, 0.6) is 5.75 Å². The van der Waals surface area contributed by atoms with Gasteiger partial charge in [-0.2, -0.15) is 0 Å². The summed E-state index contributed by atoms with van der Waals surface area (Å²) in [5.74, 6) is 1.58. The van der Waals surface area contributed by atoms with E-state index in [1.165, 1.54) is 0 Å². The number of aromatic nitrogens is 3. The van der Waals surface area contributed by atoms with E-state index in [0.717, 1.165) is 33.5 Å². The highest BCUT2D eigenvalue weighted by Gasteiger charge is 2.25. The first kappa shape index (κ1) is 18.4. The highest BCUT2D eigenvalue weighted by Crippen LogP contribution is 2.29. The van der Waals surface area contributed by atoms with Gasteiger partial charge in [0, 0.05) is 31.6 Å². The smallest absolute Gasteiger partial charge is 0.257 e. The normalized spacial score (nSPS) is 13.8. The predicted octanol–water partition coefficient (Wildman–Crippen LogP) is 3.81. The van der Waals surface area contributed by atoms with Gasteiger partial charge in [-0.05, 0) is 35.4 Å². The van der Waals surface area contributed by atoms with Crippen molar-refractivity contribution in [1.82, 2.24) is 19.7 Å². The van der Waals surface area contributed by atoms with E-state index in [0.29, 0.717) is 31.6 Å². The minimum absolute atomic E-state index is 0.0279. The van der Waals surface area contributed by atoms with Crippen molar-refractivity contribution in [2.75, 3.05) is 13.1 Å². The zero-order valence-corrected chi connectivity index (χ0v) is 16.7. The van der Waals surface area contributed by atoms with Crippen LogP contribution in [-0.4, -0.2) is 43.8 Å². The molecule has 0 unspecified atom stereocenters. The number of fused-ring (bicyclic) bond motifs is 2. The van der Waals surface area contributed by atoms with Crippen LogP contribution in [0, 0.1) is 6.92 Å². The Morgan fingerprint density at radius 1 is 0.967 bits per heavy atom. The molecule has 0 atom stereocenters. The molecule has 0 spiro atoms. The summed E-state index contributed by atoms with van der Waals surface area (Å²) in [6.07, 6.45) is 0.621. The second-order valence-corrected chi connectivity index (χ2v) is 7.68. The van der Waals surface area contributed by atoms with E-state index in [1.54, 1.807) is 17.0 Å². The molecule has 6 nitrogen and oxygen atoms in total. The zero-order valence-electron chi connectivity index (χ0n) is 16.7. The van der Waals surface area contributed by atoms with E-state index >= 15 is 0 Å². The lowest BCUT2D eigenvalue weighted by atomic mass is 10.0. The van der Waals surface area contributed by atoms with Gasteiger partial charge in [-0.1, -0.05) is 48.5 Å². The van der Waals surface area contributed by atoms with E-state index in [2.05, 4.69) is 39.0 Å². The van der Waals surface area contributed by atoms with Crippen molar-refractivity contribution < 1.29 is 9.90 Å². The van der Waals surface area contributed by atoms with Crippen LogP contribution in [0.15, 0.2) is 60.7 Å². The first-order valence-electron chi connectivity index (χ1n) is 10.1. The van der Waals surface area contributed by atoms with Crippen LogP contribution < -0.4 is 0 Å². The number of phenolic OH excluding ortho intramolecular Hbond substituents is 1. The van der Waals surface area contributed by atoms with Crippen molar-refractivity contribution in [3.63, 3.8) is 0 Å². The Hall–Kier alpha value is -3.67. The molecule has 150 valence electrons. The molecular weight excluding hydrogens is 376 g/mol. The van der Waals surface area contributed by atoms with Gasteiger partial charge >= 0.3 is 0 Å². The Bertz CT molecular complexity index is 1260. The van der Waals surface area contributed by atoms with Crippen molar-refractivity contribution in [3.05, 3.63) is 77.6 Å². The lowest BCUT2D eigenvalue weighted by Gasteiger charge is -2.21. The standard InChI is InChI=1S/C24H22N4O2/c1-16-9-10-20(21(29)15-16)24(30)27-12-11-22-25-26-23(28(22)14-13-27)19-8-4-6-17-5-2-3-7-18(17)19/h2-10,15,29H,11-14H2,1H3. The Morgan fingerprint density at radius 2 is 1.80 bits per heavy atom. The molecule has 30 heavy (non-hydrogen) atoms. The van der Waals surface area contributed by atoms with Gasteiger partial charge in [0.2, 0.25) is 0 Å². The highest BCUT2D eigenvalue weighted by molar-refractivity contribution is 5.97. The van der Waals surface area contributed by atoms with Gasteiger partial charge in [0.1, 0.15) is 11.6 Å². The summed E-state index contributed by atoms with van der Waals surface area (Å²) in [6.45, 7) is 3.58. The maximum atomic E-state index is 13.0. The van der Waals surface area contributed by atoms with E-state index in [-0.39, 0.29) is 11.7 Å². The number of phenols is 1. The van der Waals surface area contributed by atoms with Crippen molar-refractivity contribution in [2.24, 2.45) is 0 Å². The van der Waals surface area contributed by atoms with Crippen molar-refractivity contribution in [2.45, 2.75) is 19.9 Å². The van der Waals surface area contributed by atoms with E-state index < -0.39 is 0 Å². The Labute approximate surface area is 174 Å². The first-order chi connectivity index (χ1) is 14.6. The number of benzene rings is 3. The summed E-state index contributed by atoms with van der Waals surface area (Å²) >= 11 is 0. The summed E-state index contributed by atoms with van der Waals surface area (Å²) in [4.78, 5) is 14.8. The number of carbonyl (C=O) groups excluding carboxylic acids is 1. The van der Waals surface area contributed by atoms with Crippen LogP contribution in [0.4, 0.5) is 0 Å². The molecule has 1 aliphatic rings. The lowest BCUT2D eigenvalue weighted by Crippen LogP contribution is -2.33. The maximum Gasteiger partial charge on any atom is 0.257 e. The molecule has 6 heteroatoms. The minimum atomic E-state index is -0.155. The monoisotopic (exact) mass is 398 g/mol. The molecule has 0 aliphatic carbocycles. The van der Waals surface area contributed by atoms with Crippen LogP contribution >= 0.6 is 0 Å². The van der Waals surface area contributed by atoms with Crippen molar-refractivity contribution >= 4 is 16.7 Å². The molecule has 1 amide bonds. The average molecular weight is 398 g/mol. The van der Waals surface area contributed by atoms with Crippen LogP contribution in [-0.2, 0) is 13.0 Å². The lowest BCUT2D eigenvalue weighted by molar-refractivity contribution is 0.0756. The molecule has 0 saturated carbocycles. The number of hydrogen-bond acceptors (Lipinski definition) is 4. The van der Waals surface area contributed by atoms with Gasteiger partial charge in [-0.15, -0.1) is 10.2 Å². The van der Waals surface area contributed by atoms with E-state index in [9.17, 15) is 9.90 Å². The number of hydrogen-bond donors (Lipinski definition) is 1. The number of carbonyl (C=O) groups is 1. The number of nitrogens with zero attached hydrogens (tertiary/aromatic N) is 4. The number of aromatic hydroxyl groups is 1. The topological polar surface area (TPSA) is 71.2 Å². The third-order valence-electron chi connectivity index (χ3n) is 5.73. The fourth-order valence-electron chi connectivity index (χ4n) is 4.14. The largest absolute Gasteiger partial charge is 0.507 e. The second kappa shape index (κ2) is 7.30. The SMILES string of the molecule is Cc1ccc(C(=O)N2CCc3nnc(-c4cccc5ccccc45)n3CC2)c(O)c1. The fourth-order valence-corrected chi connectivity index (χ4v) is 4.14. The third-order valence-corrected chi connectivity index (χ3v) is 5.73. The third kappa shape index (κ3) is 3.10. The maximum absolute atomic E-state index is 13.0. The number of amides is 1. The van der Waals surface area contributed by atoms with Gasteiger partial charge in [0.05, 0.1) is 5.56 Å². The Balaban J connectivity index is 1.45. The van der Waals surface area contributed by atoms with Crippen LogP contribution in [0.1, 0.15) is 21.7 Å². The molecule has 4 aromatic rings. The molecule has 1 aromatic heterocycles. The summed E-state index contributed by atoms with van der Waals surface area (Å²) < 4.78 is 2.12. The van der Waals surface area contributed by atoms with Crippen LogP contribution in [0.25, 0.3) is 22.2 Å². The molecule has 0 fully saturated rings. The summed E-state index contributed by atoms with van der Waals surface area (Å²) in [5.41, 5.74) is 2.31. The quantitative estimate of drug-likeness (QED) is 0.557. The number of aryl methyl sites for hydroxylation is 1. The summed E-state index contributed by atoms with van der Waals surface area (Å²) in [6, 6.07) is 19.6. The van der Waals surface area contributed by atoms with Crippen LogP contribution in [0.2, 0.25) is 0 Å². The predicted molar refractivity (Wildman–Crippen MR) is 115 cm³/mol. The fraction of sp³-hybridized carbons (Fsp3) is 0.208. The van der Waals surface area contributed by atoms with E-state index in [1.807, 2.05) is 31.2 Å². The molecule has 5 rings (SSSR count). The van der Waals surface area contributed by atoms with Gasteiger partial charge < -0.3 is 14.6 Å². The highest BCUT2D eigenvalue weighted by atomic mass is 16.3. The van der Waals surface area contributed by atoms with Gasteiger partial charge in [0.15, 0.2) is 5.82 Å². The first-order valence-corrected chi connectivity index (χ1v) is 10.1. The zero-order chi connectivity index (χ0) is 20.7. The van der Waals surface area contributed by atoms with Crippen LogP contribution in [0.3, 0.4) is 0 Å². The summed E-state index contributed by atoms with van der Waals surface area (Å²) in [7, 11) is 0. The van der Waals surface area contributed by atoms with Gasteiger partial charge in [-0.3, -0.25) is 4.79 Å². The van der Waals surface area contributed by atoms with Crippen molar-refractivity contribution in [3.8, 4) is 17.1 Å². The summed E-state index contributed by atoms with van der Waals surface area (Å²) in [5, 5.41) is 21.4. The van der Waals surface area contributed by atoms with E-state index in [4.69, 9.17) is 0 Å². The molecule has 1 aliphatic heterocycles. The second-order valence-electron chi connectivity index (χ2n) is 7.68. The molecule has 2 heterocycles. The average Bonchev–Trinajstić information content (AvgIpc) is 3.03. The molecule has 0 bridgehead atoms. The molecule has 0 saturated heterocycles. The van der Waals surface area contributed by atoms with Gasteiger partial charge in [-0.25, -0.2) is 0 Å². The minimum Gasteiger partial charge on any atom is -0.507 e. The number of rotatable bonds is 2. The molecule has 3 aromatic carbocycles. The molecule has 0 radical (unpaired) electrons. The molecule has 1 N–H and O–H groups in total. The molecular formula is C24H22N4O2. The van der Waals surface area contributed by atoms with Gasteiger partial charge in [0.25, 0.3) is 5.91 Å². The Kier molecular flexibility index (Phi) is 4.47.